The topological polar surface area (TPSA) is 77.9 Å². The van der Waals surface area contributed by atoms with Crippen LogP contribution in [0.3, 0.4) is 0 Å². The molecular formula is C15H22N2O4. The fraction of sp³-hybridized carbons (Fsp3) is 0.800. The van der Waals surface area contributed by atoms with Gasteiger partial charge in [0.25, 0.3) is 0 Å². The zero-order valence-electron chi connectivity index (χ0n) is 12.3. The number of hydrogen-bond acceptors (Lipinski definition) is 4. The number of aliphatic carboxylic acids is 1. The molecule has 0 saturated carbocycles. The number of fused-ring (bicyclic) bond motifs is 2. The van der Waals surface area contributed by atoms with E-state index in [2.05, 4.69) is 4.90 Å². The van der Waals surface area contributed by atoms with Crippen LogP contribution in [0.4, 0.5) is 0 Å². The molecule has 0 radical (unpaired) electrons. The fourth-order valence-electron chi connectivity index (χ4n) is 4.48. The lowest BCUT2D eigenvalue weighted by Gasteiger charge is -2.41. The molecule has 3 unspecified atom stereocenters. The van der Waals surface area contributed by atoms with Crippen molar-refractivity contribution in [3.05, 3.63) is 0 Å². The summed E-state index contributed by atoms with van der Waals surface area (Å²) in [5.74, 6) is -0.654. The van der Waals surface area contributed by atoms with Crippen LogP contribution in [-0.2, 0) is 14.4 Å². The van der Waals surface area contributed by atoms with E-state index >= 15 is 0 Å². The van der Waals surface area contributed by atoms with E-state index < -0.39 is 5.97 Å². The van der Waals surface area contributed by atoms with E-state index in [1.54, 1.807) is 0 Å². The van der Waals surface area contributed by atoms with Crippen molar-refractivity contribution in [2.45, 2.75) is 63.6 Å². The second kappa shape index (κ2) is 5.40. The molecule has 0 aromatic heterocycles. The number of carboxylic acids is 1. The third kappa shape index (κ3) is 2.46. The summed E-state index contributed by atoms with van der Waals surface area (Å²) in [5, 5.41) is 8.96. The number of amides is 2. The predicted molar refractivity (Wildman–Crippen MR) is 74.4 cm³/mol. The lowest BCUT2D eigenvalue weighted by molar-refractivity contribution is -0.142. The number of carbonyl (C=O) groups excluding carboxylic acids is 2. The second-order valence-electron chi connectivity index (χ2n) is 6.46. The maximum atomic E-state index is 12.4. The van der Waals surface area contributed by atoms with Crippen molar-refractivity contribution in [1.29, 1.82) is 0 Å². The number of rotatable bonds is 4. The largest absolute Gasteiger partial charge is 0.481 e. The van der Waals surface area contributed by atoms with E-state index in [1.165, 1.54) is 4.90 Å². The Hall–Kier alpha value is -1.43. The Balaban J connectivity index is 1.72. The molecule has 3 aliphatic heterocycles. The molecule has 2 amide bonds. The summed E-state index contributed by atoms with van der Waals surface area (Å²) in [6, 6.07) is 0.235. The van der Waals surface area contributed by atoms with Crippen molar-refractivity contribution in [2.75, 3.05) is 6.54 Å². The van der Waals surface area contributed by atoms with Gasteiger partial charge in [-0.1, -0.05) is 0 Å². The Morgan fingerprint density at radius 1 is 1.24 bits per heavy atom. The summed E-state index contributed by atoms with van der Waals surface area (Å²) in [4.78, 5) is 38.8. The lowest BCUT2D eigenvalue weighted by Crippen LogP contribution is -2.52. The minimum atomic E-state index is -0.739. The number of carboxylic acid groups (broad SMARTS) is 1. The summed E-state index contributed by atoms with van der Waals surface area (Å²) in [5.41, 5.74) is 0. The maximum absolute atomic E-state index is 12.4. The van der Waals surface area contributed by atoms with E-state index in [0.29, 0.717) is 13.0 Å². The highest BCUT2D eigenvalue weighted by atomic mass is 16.4. The standard InChI is InChI=1S/C15H22N2O4/c1-2-16-13(18)8-12(15(16)21)17-10-3-4-11(17)6-9(5-10)7-14(19)20/h9-12H,2-8H2,1H3,(H,19,20). The molecule has 0 aliphatic carbocycles. The molecule has 3 saturated heterocycles. The van der Waals surface area contributed by atoms with Gasteiger partial charge >= 0.3 is 5.97 Å². The van der Waals surface area contributed by atoms with Crippen LogP contribution in [0.25, 0.3) is 0 Å². The van der Waals surface area contributed by atoms with Gasteiger partial charge in [-0.3, -0.25) is 24.2 Å². The van der Waals surface area contributed by atoms with Crippen LogP contribution in [0.2, 0.25) is 0 Å². The predicted octanol–water partition coefficient (Wildman–Crippen LogP) is 0.851. The summed E-state index contributed by atoms with van der Waals surface area (Å²) in [6.07, 6.45) is 4.23. The van der Waals surface area contributed by atoms with Crippen LogP contribution >= 0.6 is 0 Å². The van der Waals surface area contributed by atoms with Crippen molar-refractivity contribution in [2.24, 2.45) is 5.92 Å². The van der Waals surface area contributed by atoms with E-state index in [4.69, 9.17) is 5.11 Å². The highest BCUT2D eigenvalue weighted by molar-refractivity contribution is 6.05. The first-order valence-corrected chi connectivity index (χ1v) is 7.84. The molecule has 0 spiro atoms. The quantitative estimate of drug-likeness (QED) is 0.778. The van der Waals surface area contributed by atoms with Gasteiger partial charge in [0.1, 0.15) is 0 Å². The molecule has 3 heterocycles. The van der Waals surface area contributed by atoms with E-state index in [0.717, 1.165) is 25.7 Å². The van der Waals surface area contributed by atoms with Crippen LogP contribution in [0.1, 0.15) is 45.4 Å². The van der Waals surface area contributed by atoms with E-state index in [-0.39, 0.29) is 42.3 Å². The van der Waals surface area contributed by atoms with Crippen LogP contribution in [0, 0.1) is 5.92 Å². The summed E-state index contributed by atoms with van der Waals surface area (Å²) in [7, 11) is 0. The minimum absolute atomic E-state index is 0.0592. The fourth-order valence-corrected chi connectivity index (χ4v) is 4.48. The van der Waals surface area contributed by atoms with Crippen LogP contribution in [-0.4, -0.2) is 57.4 Å². The van der Waals surface area contributed by atoms with Gasteiger partial charge in [-0.05, 0) is 38.5 Å². The summed E-state index contributed by atoms with van der Waals surface area (Å²) >= 11 is 0. The number of likely N-dealkylation sites (N-methyl/N-ethyl adjacent to an activating group) is 1. The first kappa shape index (κ1) is 14.5. The highest BCUT2D eigenvalue weighted by Crippen LogP contribution is 2.42. The second-order valence-corrected chi connectivity index (χ2v) is 6.46. The summed E-state index contributed by atoms with van der Waals surface area (Å²) in [6.45, 7) is 2.27. The zero-order valence-corrected chi connectivity index (χ0v) is 12.3. The number of likely N-dealkylation sites (tertiary alicyclic amines) is 1. The highest BCUT2D eigenvalue weighted by Gasteiger charge is 2.50. The van der Waals surface area contributed by atoms with E-state index in [1.807, 2.05) is 6.92 Å². The smallest absolute Gasteiger partial charge is 0.303 e. The van der Waals surface area contributed by atoms with Crippen molar-refractivity contribution in [3.63, 3.8) is 0 Å². The van der Waals surface area contributed by atoms with Crippen LogP contribution < -0.4 is 0 Å². The van der Waals surface area contributed by atoms with Gasteiger partial charge < -0.3 is 5.11 Å². The molecule has 0 aromatic rings. The van der Waals surface area contributed by atoms with Gasteiger partial charge in [0, 0.05) is 25.0 Å². The van der Waals surface area contributed by atoms with Crippen LogP contribution in [0.15, 0.2) is 0 Å². The molecule has 6 heteroatoms. The Labute approximate surface area is 124 Å². The van der Waals surface area contributed by atoms with Crippen LogP contribution in [0.5, 0.6) is 0 Å². The Kier molecular flexibility index (Phi) is 3.73. The molecule has 21 heavy (non-hydrogen) atoms. The number of piperidine rings is 1. The third-order valence-electron chi connectivity index (χ3n) is 5.25. The van der Waals surface area contributed by atoms with Gasteiger partial charge in [0.05, 0.1) is 12.5 Å². The van der Waals surface area contributed by atoms with E-state index in [9.17, 15) is 14.4 Å². The molecule has 2 bridgehead atoms. The maximum Gasteiger partial charge on any atom is 0.303 e. The number of nitrogens with zero attached hydrogens (tertiary/aromatic N) is 2. The molecule has 3 aliphatic rings. The molecule has 116 valence electrons. The molecule has 6 nitrogen and oxygen atoms in total. The minimum Gasteiger partial charge on any atom is -0.481 e. The van der Waals surface area contributed by atoms with Gasteiger partial charge in [0.15, 0.2) is 0 Å². The molecule has 3 fully saturated rings. The normalized spacial score (nSPS) is 36.5. The average Bonchev–Trinajstić information content (AvgIpc) is 2.82. The Bertz CT molecular complexity index is 464. The van der Waals surface area contributed by atoms with Crippen molar-refractivity contribution < 1.29 is 19.5 Å². The van der Waals surface area contributed by atoms with Crippen molar-refractivity contribution in [3.8, 4) is 0 Å². The number of imide groups is 1. The first-order valence-electron chi connectivity index (χ1n) is 7.84. The number of hydrogen-bond donors (Lipinski definition) is 1. The van der Waals surface area contributed by atoms with Crippen molar-refractivity contribution >= 4 is 17.8 Å². The summed E-state index contributed by atoms with van der Waals surface area (Å²) < 4.78 is 0. The monoisotopic (exact) mass is 294 g/mol. The Morgan fingerprint density at radius 3 is 2.33 bits per heavy atom. The Morgan fingerprint density at radius 2 is 1.86 bits per heavy atom. The lowest BCUT2D eigenvalue weighted by atomic mass is 9.87. The SMILES string of the molecule is CCN1C(=O)CC(N2C3CCC2CC(CC(=O)O)C3)C1=O. The van der Waals surface area contributed by atoms with Gasteiger partial charge in [0.2, 0.25) is 11.8 Å². The van der Waals surface area contributed by atoms with Gasteiger partial charge in [-0.15, -0.1) is 0 Å². The van der Waals surface area contributed by atoms with Gasteiger partial charge in [-0.2, -0.15) is 0 Å². The molecule has 0 aromatic carbocycles. The molecule has 3 atom stereocenters. The molecular weight excluding hydrogens is 272 g/mol. The third-order valence-corrected chi connectivity index (χ3v) is 5.25. The first-order chi connectivity index (χ1) is 10.0. The van der Waals surface area contributed by atoms with Gasteiger partial charge in [-0.25, -0.2) is 0 Å². The number of carbonyl (C=O) groups is 3. The molecule has 3 rings (SSSR count). The molecule has 1 N–H and O–H groups in total. The zero-order chi connectivity index (χ0) is 15.1. The average molecular weight is 294 g/mol. The van der Waals surface area contributed by atoms with Crippen molar-refractivity contribution in [1.82, 2.24) is 9.80 Å².